The number of amides is 1. The normalized spacial score (nSPS) is 11.0. The third-order valence-corrected chi connectivity index (χ3v) is 2.84. The van der Waals surface area contributed by atoms with Crippen molar-refractivity contribution in [3.05, 3.63) is 42.0 Å². The number of hydrogen-bond acceptors (Lipinski definition) is 3. The van der Waals surface area contributed by atoms with E-state index >= 15 is 0 Å². The molecule has 0 atom stereocenters. The first-order valence-electron chi connectivity index (χ1n) is 7.68. The predicted octanol–water partition coefficient (Wildman–Crippen LogP) is 3.58. The van der Waals surface area contributed by atoms with Gasteiger partial charge in [0.15, 0.2) is 11.5 Å². The lowest BCUT2D eigenvalue weighted by atomic mass is 10.2. The van der Waals surface area contributed by atoms with Gasteiger partial charge in [-0.2, -0.15) is 0 Å². The van der Waals surface area contributed by atoms with E-state index in [1.54, 1.807) is 6.08 Å². The molecule has 120 valence electrons. The molecule has 0 radical (unpaired) electrons. The van der Waals surface area contributed by atoms with Crippen molar-refractivity contribution < 1.29 is 14.3 Å². The molecular formula is C18H25NO3. The Labute approximate surface area is 132 Å². The van der Waals surface area contributed by atoms with Gasteiger partial charge in [0.2, 0.25) is 5.91 Å². The van der Waals surface area contributed by atoms with Gasteiger partial charge in [-0.15, -0.1) is 0 Å². The second kappa shape index (κ2) is 10.5. The zero-order valence-electron chi connectivity index (χ0n) is 13.6. The maximum absolute atomic E-state index is 11.7. The van der Waals surface area contributed by atoms with Crippen molar-refractivity contribution in [3.63, 3.8) is 0 Å². The molecule has 0 unspecified atom stereocenters. The Morgan fingerprint density at radius 2 is 1.91 bits per heavy atom. The molecule has 0 spiro atoms. The van der Waals surface area contributed by atoms with Crippen molar-refractivity contribution in [3.8, 4) is 11.5 Å². The SMILES string of the molecule is C/C=C/CCNC(=O)/C=C/c1ccc(OCC)c(OCC)c1. The van der Waals surface area contributed by atoms with Crippen LogP contribution in [0, 0.1) is 0 Å². The van der Waals surface area contributed by atoms with Crippen LogP contribution in [0.25, 0.3) is 6.08 Å². The molecule has 22 heavy (non-hydrogen) atoms. The number of carbonyl (C=O) groups is 1. The smallest absolute Gasteiger partial charge is 0.244 e. The lowest BCUT2D eigenvalue weighted by Gasteiger charge is -2.11. The van der Waals surface area contributed by atoms with Gasteiger partial charge in [-0.3, -0.25) is 4.79 Å². The molecule has 0 aliphatic heterocycles. The Balaban J connectivity index is 2.65. The highest BCUT2D eigenvalue weighted by molar-refractivity contribution is 5.91. The molecule has 1 N–H and O–H groups in total. The number of hydrogen-bond donors (Lipinski definition) is 1. The van der Waals surface area contributed by atoms with E-state index in [0.29, 0.717) is 25.5 Å². The number of rotatable bonds is 9. The van der Waals surface area contributed by atoms with Crippen molar-refractivity contribution in [2.24, 2.45) is 0 Å². The third-order valence-electron chi connectivity index (χ3n) is 2.84. The van der Waals surface area contributed by atoms with Gasteiger partial charge >= 0.3 is 0 Å². The molecule has 0 bridgehead atoms. The van der Waals surface area contributed by atoms with Gasteiger partial charge in [-0.1, -0.05) is 18.2 Å². The summed E-state index contributed by atoms with van der Waals surface area (Å²) in [6.07, 6.45) is 8.12. The zero-order chi connectivity index (χ0) is 16.2. The van der Waals surface area contributed by atoms with Crippen LogP contribution in [0.2, 0.25) is 0 Å². The molecule has 0 saturated carbocycles. The summed E-state index contributed by atoms with van der Waals surface area (Å²) in [5.74, 6) is 1.31. The molecule has 0 aromatic heterocycles. The van der Waals surface area contributed by atoms with Crippen LogP contribution in [0.3, 0.4) is 0 Å². The summed E-state index contributed by atoms with van der Waals surface area (Å²) in [5.41, 5.74) is 0.899. The van der Waals surface area contributed by atoms with E-state index in [-0.39, 0.29) is 5.91 Å². The number of benzene rings is 1. The summed E-state index contributed by atoms with van der Waals surface area (Å²) >= 11 is 0. The number of nitrogens with one attached hydrogen (secondary N) is 1. The van der Waals surface area contributed by atoms with Crippen molar-refractivity contribution in [1.82, 2.24) is 5.32 Å². The second-order valence-electron chi connectivity index (χ2n) is 4.55. The molecule has 0 heterocycles. The van der Waals surface area contributed by atoms with Gasteiger partial charge in [0.1, 0.15) is 0 Å². The average Bonchev–Trinajstić information content (AvgIpc) is 2.52. The van der Waals surface area contributed by atoms with Gasteiger partial charge in [-0.25, -0.2) is 0 Å². The molecule has 0 aliphatic rings. The van der Waals surface area contributed by atoms with Gasteiger partial charge in [0.25, 0.3) is 0 Å². The minimum Gasteiger partial charge on any atom is -0.490 e. The molecule has 0 aliphatic carbocycles. The van der Waals surface area contributed by atoms with E-state index in [0.717, 1.165) is 17.7 Å². The van der Waals surface area contributed by atoms with Crippen molar-refractivity contribution in [2.75, 3.05) is 19.8 Å². The Kier molecular flexibility index (Phi) is 8.50. The van der Waals surface area contributed by atoms with Crippen molar-refractivity contribution in [2.45, 2.75) is 27.2 Å². The fourth-order valence-electron chi connectivity index (χ4n) is 1.85. The van der Waals surface area contributed by atoms with E-state index in [2.05, 4.69) is 5.32 Å². The Morgan fingerprint density at radius 1 is 1.18 bits per heavy atom. The first-order valence-corrected chi connectivity index (χ1v) is 7.68. The van der Waals surface area contributed by atoms with Crippen LogP contribution >= 0.6 is 0 Å². The molecule has 0 saturated heterocycles. The molecule has 4 heteroatoms. The highest BCUT2D eigenvalue weighted by atomic mass is 16.5. The van der Waals surface area contributed by atoms with Gasteiger partial charge in [0.05, 0.1) is 13.2 Å². The number of carbonyl (C=O) groups excluding carboxylic acids is 1. The summed E-state index contributed by atoms with van der Waals surface area (Å²) in [5, 5.41) is 2.83. The first-order chi connectivity index (χ1) is 10.7. The van der Waals surface area contributed by atoms with Gasteiger partial charge in [-0.05, 0) is 51.0 Å². The largest absolute Gasteiger partial charge is 0.490 e. The number of allylic oxidation sites excluding steroid dienone is 1. The van der Waals surface area contributed by atoms with Gasteiger partial charge in [0, 0.05) is 12.6 Å². The highest BCUT2D eigenvalue weighted by Crippen LogP contribution is 2.28. The van der Waals surface area contributed by atoms with Gasteiger partial charge < -0.3 is 14.8 Å². The third kappa shape index (κ3) is 6.48. The van der Waals surface area contributed by atoms with E-state index in [1.165, 1.54) is 6.08 Å². The maximum atomic E-state index is 11.7. The van der Waals surface area contributed by atoms with Crippen LogP contribution in [0.4, 0.5) is 0 Å². The lowest BCUT2D eigenvalue weighted by molar-refractivity contribution is -0.116. The van der Waals surface area contributed by atoms with Crippen molar-refractivity contribution in [1.29, 1.82) is 0 Å². The van der Waals surface area contributed by atoms with E-state index in [1.807, 2.05) is 51.1 Å². The second-order valence-corrected chi connectivity index (χ2v) is 4.55. The molecule has 1 rings (SSSR count). The Bertz CT molecular complexity index is 521. The molecular weight excluding hydrogens is 278 g/mol. The summed E-state index contributed by atoms with van der Waals surface area (Å²) in [4.78, 5) is 11.7. The molecule has 1 aromatic rings. The standard InChI is InChI=1S/C18H25NO3/c1-4-7-8-13-19-18(20)12-10-15-9-11-16(21-5-2)17(14-15)22-6-3/h4,7,9-12,14H,5-6,8,13H2,1-3H3,(H,19,20)/b7-4+,12-10+. The van der Waals surface area contributed by atoms with Crippen LogP contribution in [0.1, 0.15) is 32.8 Å². The molecule has 1 amide bonds. The van der Waals surface area contributed by atoms with Crippen LogP contribution in [0.5, 0.6) is 11.5 Å². The van der Waals surface area contributed by atoms with E-state index < -0.39 is 0 Å². The van der Waals surface area contributed by atoms with Crippen LogP contribution < -0.4 is 14.8 Å². The Hall–Kier alpha value is -2.23. The van der Waals surface area contributed by atoms with E-state index in [9.17, 15) is 4.79 Å². The molecule has 1 aromatic carbocycles. The Morgan fingerprint density at radius 3 is 2.59 bits per heavy atom. The fourth-order valence-corrected chi connectivity index (χ4v) is 1.85. The molecule has 4 nitrogen and oxygen atoms in total. The predicted molar refractivity (Wildman–Crippen MR) is 90.3 cm³/mol. The maximum Gasteiger partial charge on any atom is 0.244 e. The minimum atomic E-state index is -0.101. The average molecular weight is 303 g/mol. The first kappa shape index (κ1) is 17.8. The molecule has 0 fully saturated rings. The van der Waals surface area contributed by atoms with Crippen LogP contribution in [-0.4, -0.2) is 25.7 Å². The summed E-state index contributed by atoms with van der Waals surface area (Å²) < 4.78 is 11.1. The van der Waals surface area contributed by atoms with Crippen LogP contribution in [0.15, 0.2) is 36.4 Å². The summed E-state index contributed by atoms with van der Waals surface area (Å²) in [7, 11) is 0. The van der Waals surface area contributed by atoms with Crippen molar-refractivity contribution >= 4 is 12.0 Å². The number of ether oxygens (including phenoxy) is 2. The summed E-state index contributed by atoms with van der Waals surface area (Å²) in [6.45, 7) is 7.62. The lowest BCUT2D eigenvalue weighted by Crippen LogP contribution is -2.21. The quantitative estimate of drug-likeness (QED) is 0.431. The fraction of sp³-hybridized carbons (Fsp3) is 0.389. The summed E-state index contributed by atoms with van der Waals surface area (Å²) in [6, 6.07) is 5.63. The highest BCUT2D eigenvalue weighted by Gasteiger charge is 2.05. The van der Waals surface area contributed by atoms with E-state index in [4.69, 9.17) is 9.47 Å². The zero-order valence-corrected chi connectivity index (χ0v) is 13.6. The monoisotopic (exact) mass is 303 g/mol. The van der Waals surface area contributed by atoms with Crippen LogP contribution in [-0.2, 0) is 4.79 Å². The topological polar surface area (TPSA) is 47.6 Å². The minimum absolute atomic E-state index is 0.101.